The molecule has 1 unspecified atom stereocenters. The van der Waals surface area contributed by atoms with E-state index in [9.17, 15) is 0 Å². The van der Waals surface area contributed by atoms with E-state index in [2.05, 4.69) is 68.9 Å². The van der Waals surface area contributed by atoms with Crippen LogP contribution in [-0.4, -0.2) is 26.0 Å². The average molecular weight is 403 g/mol. The summed E-state index contributed by atoms with van der Waals surface area (Å²) in [4.78, 5) is 6.95. The molecule has 7 heteroatoms. The molecule has 2 atom stereocenters. The molecule has 0 aliphatic carbocycles. The number of hydrogen-bond acceptors (Lipinski definition) is 6. The van der Waals surface area contributed by atoms with Gasteiger partial charge in [-0.15, -0.1) is 16.4 Å². The van der Waals surface area contributed by atoms with Gasteiger partial charge in [0.1, 0.15) is 6.10 Å². The van der Waals surface area contributed by atoms with Crippen LogP contribution in [-0.2, 0) is 12.0 Å². The molecule has 28 heavy (non-hydrogen) atoms. The molecule has 0 saturated carbocycles. The third-order valence-electron chi connectivity index (χ3n) is 4.74. The molecule has 3 heterocycles. The minimum absolute atomic E-state index is 0.0204. The summed E-state index contributed by atoms with van der Waals surface area (Å²) in [5.41, 5.74) is -0.0617. The highest BCUT2D eigenvalue weighted by Crippen LogP contribution is 2.30. The molecule has 0 aliphatic rings. The van der Waals surface area contributed by atoms with E-state index in [1.807, 2.05) is 23.9 Å². The standard InChI is InChI=1S/C21H30N4O2S/c1-13(2)16-8-9-17(28-16)20-22-19(27-24-20)12-14(3)15(4)26-18-10-11-25(23-18)21(5,6)7/h8-11,13-15H,12H2,1-7H3/t14?,15-/m0/s1. The van der Waals surface area contributed by atoms with Crippen LogP contribution in [0, 0.1) is 5.92 Å². The Kier molecular flexibility index (Phi) is 5.93. The number of thiophene rings is 1. The molecule has 0 spiro atoms. The van der Waals surface area contributed by atoms with Crippen molar-refractivity contribution in [2.24, 2.45) is 5.92 Å². The van der Waals surface area contributed by atoms with Crippen LogP contribution in [0.5, 0.6) is 5.88 Å². The second-order valence-electron chi connectivity index (χ2n) is 8.64. The predicted molar refractivity (Wildman–Crippen MR) is 112 cm³/mol. The highest BCUT2D eigenvalue weighted by atomic mass is 32.1. The lowest BCUT2D eigenvalue weighted by molar-refractivity contribution is 0.144. The molecular formula is C21H30N4O2S. The molecule has 0 amide bonds. The van der Waals surface area contributed by atoms with E-state index >= 15 is 0 Å². The van der Waals surface area contributed by atoms with Crippen molar-refractivity contribution in [2.45, 2.75) is 72.4 Å². The molecule has 3 aromatic heterocycles. The van der Waals surface area contributed by atoms with Gasteiger partial charge in [-0.05, 0) is 45.7 Å². The molecule has 0 radical (unpaired) electrons. The minimum atomic E-state index is -0.0617. The molecule has 0 N–H and O–H groups in total. The normalized spacial score (nSPS) is 14.4. The van der Waals surface area contributed by atoms with Crippen LogP contribution in [0.15, 0.2) is 28.9 Å². The Hall–Kier alpha value is -2.15. The van der Waals surface area contributed by atoms with E-state index < -0.39 is 0 Å². The van der Waals surface area contributed by atoms with Gasteiger partial charge in [-0.3, -0.25) is 4.68 Å². The zero-order valence-electron chi connectivity index (χ0n) is 17.8. The van der Waals surface area contributed by atoms with Gasteiger partial charge in [-0.25, -0.2) is 0 Å². The molecule has 0 aromatic carbocycles. The maximum Gasteiger partial charge on any atom is 0.233 e. The van der Waals surface area contributed by atoms with E-state index in [1.54, 1.807) is 11.3 Å². The van der Waals surface area contributed by atoms with Crippen molar-refractivity contribution in [1.29, 1.82) is 0 Å². The van der Waals surface area contributed by atoms with Crippen LogP contribution in [0.2, 0.25) is 0 Å². The maximum atomic E-state index is 6.03. The summed E-state index contributed by atoms with van der Waals surface area (Å²) in [6.45, 7) is 14.9. The van der Waals surface area contributed by atoms with Crippen LogP contribution < -0.4 is 4.74 Å². The average Bonchev–Trinajstić information content (AvgIpc) is 3.34. The van der Waals surface area contributed by atoms with Gasteiger partial charge in [-0.2, -0.15) is 4.98 Å². The van der Waals surface area contributed by atoms with Crippen molar-refractivity contribution >= 4 is 11.3 Å². The van der Waals surface area contributed by atoms with E-state index in [1.165, 1.54) is 4.88 Å². The van der Waals surface area contributed by atoms with E-state index in [-0.39, 0.29) is 17.6 Å². The van der Waals surface area contributed by atoms with Gasteiger partial charge < -0.3 is 9.26 Å². The van der Waals surface area contributed by atoms with Crippen molar-refractivity contribution in [3.8, 4) is 16.6 Å². The smallest absolute Gasteiger partial charge is 0.233 e. The van der Waals surface area contributed by atoms with Crippen LogP contribution >= 0.6 is 11.3 Å². The summed E-state index contributed by atoms with van der Waals surface area (Å²) < 4.78 is 13.4. The van der Waals surface area contributed by atoms with Gasteiger partial charge in [0.25, 0.3) is 0 Å². The van der Waals surface area contributed by atoms with Crippen LogP contribution in [0.3, 0.4) is 0 Å². The summed E-state index contributed by atoms with van der Waals surface area (Å²) in [5.74, 6) is 2.65. The summed E-state index contributed by atoms with van der Waals surface area (Å²) >= 11 is 1.72. The van der Waals surface area contributed by atoms with Crippen LogP contribution in [0.1, 0.15) is 65.2 Å². The number of nitrogens with zero attached hydrogens (tertiary/aromatic N) is 4. The zero-order valence-corrected chi connectivity index (χ0v) is 18.6. The second kappa shape index (κ2) is 8.07. The highest BCUT2D eigenvalue weighted by Gasteiger charge is 2.21. The van der Waals surface area contributed by atoms with Crippen LogP contribution in [0.4, 0.5) is 0 Å². The minimum Gasteiger partial charge on any atom is -0.473 e. The predicted octanol–water partition coefficient (Wildman–Crippen LogP) is 5.52. The lowest BCUT2D eigenvalue weighted by Gasteiger charge is -2.20. The monoisotopic (exact) mass is 402 g/mol. The van der Waals surface area contributed by atoms with Crippen molar-refractivity contribution in [2.75, 3.05) is 0 Å². The number of aromatic nitrogens is 4. The summed E-state index contributed by atoms with van der Waals surface area (Å²) in [7, 11) is 0. The molecule has 3 aromatic rings. The van der Waals surface area contributed by atoms with Gasteiger partial charge in [0.05, 0.1) is 10.4 Å². The summed E-state index contributed by atoms with van der Waals surface area (Å²) in [5, 5.41) is 8.67. The van der Waals surface area contributed by atoms with Crippen molar-refractivity contribution in [3.05, 3.63) is 35.2 Å². The maximum absolute atomic E-state index is 6.03. The van der Waals surface area contributed by atoms with Crippen molar-refractivity contribution in [1.82, 2.24) is 19.9 Å². The van der Waals surface area contributed by atoms with Gasteiger partial charge >= 0.3 is 0 Å². The molecule has 0 saturated heterocycles. The van der Waals surface area contributed by atoms with Crippen LogP contribution in [0.25, 0.3) is 10.7 Å². The fourth-order valence-electron chi connectivity index (χ4n) is 2.71. The first-order valence-corrected chi connectivity index (χ1v) is 10.6. The first-order valence-electron chi connectivity index (χ1n) is 9.79. The number of ether oxygens (including phenoxy) is 1. The molecule has 0 bridgehead atoms. The first kappa shape index (κ1) is 20.6. The Balaban J connectivity index is 1.60. The number of hydrogen-bond donors (Lipinski definition) is 0. The zero-order chi connectivity index (χ0) is 20.5. The van der Waals surface area contributed by atoms with E-state index in [0.717, 1.165) is 4.88 Å². The molecule has 3 rings (SSSR count). The third kappa shape index (κ3) is 4.82. The SMILES string of the molecule is CC(C)c1ccc(-c2noc(CC(C)[C@H](C)Oc3ccn(C(C)(C)C)n3)n2)s1. The second-order valence-corrected chi connectivity index (χ2v) is 9.76. The first-order chi connectivity index (χ1) is 13.1. The Bertz CT molecular complexity index is 904. The van der Waals surface area contributed by atoms with Gasteiger partial charge in [-0.1, -0.05) is 25.9 Å². The Morgan fingerprint density at radius 2 is 1.89 bits per heavy atom. The summed E-state index contributed by atoms with van der Waals surface area (Å²) in [6, 6.07) is 6.10. The largest absolute Gasteiger partial charge is 0.473 e. The lowest BCUT2D eigenvalue weighted by Crippen LogP contribution is -2.25. The Morgan fingerprint density at radius 1 is 1.14 bits per heavy atom. The quantitative estimate of drug-likeness (QED) is 0.520. The van der Waals surface area contributed by atoms with E-state index in [0.29, 0.717) is 29.9 Å². The van der Waals surface area contributed by atoms with E-state index in [4.69, 9.17) is 9.26 Å². The molecule has 0 fully saturated rings. The van der Waals surface area contributed by atoms with Gasteiger partial charge in [0.15, 0.2) is 0 Å². The molecule has 0 aliphatic heterocycles. The molecule has 152 valence electrons. The summed E-state index contributed by atoms with van der Waals surface area (Å²) in [6.07, 6.45) is 2.59. The Labute approximate surface area is 170 Å². The fourth-order valence-corrected chi connectivity index (χ4v) is 3.65. The van der Waals surface area contributed by atoms with Gasteiger partial charge in [0, 0.05) is 29.5 Å². The van der Waals surface area contributed by atoms with Crippen molar-refractivity contribution < 1.29 is 9.26 Å². The number of rotatable bonds is 7. The Morgan fingerprint density at radius 3 is 2.50 bits per heavy atom. The van der Waals surface area contributed by atoms with Gasteiger partial charge in [0.2, 0.25) is 17.6 Å². The van der Waals surface area contributed by atoms with Crippen molar-refractivity contribution in [3.63, 3.8) is 0 Å². The molecular weight excluding hydrogens is 372 g/mol. The topological polar surface area (TPSA) is 66.0 Å². The fraction of sp³-hybridized carbons (Fsp3) is 0.571. The lowest BCUT2D eigenvalue weighted by atomic mass is 10.0. The highest BCUT2D eigenvalue weighted by molar-refractivity contribution is 7.15. The third-order valence-corrected chi connectivity index (χ3v) is 6.12. The molecule has 6 nitrogen and oxygen atoms in total.